The first-order valence-electron chi connectivity index (χ1n) is 10.9. The number of piperidine rings is 1. The van der Waals surface area contributed by atoms with Gasteiger partial charge in [0.1, 0.15) is 15.3 Å². The van der Waals surface area contributed by atoms with Crippen molar-refractivity contribution < 1.29 is 22.7 Å². The van der Waals surface area contributed by atoms with Crippen molar-refractivity contribution in [1.82, 2.24) is 4.31 Å². The number of nitrogens with one attached hydrogen (secondary N) is 1. The fourth-order valence-electron chi connectivity index (χ4n) is 4.05. The molecule has 0 bridgehead atoms. The number of sulfonamides is 1. The molecule has 2 heterocycles. The average molecular weight is 522 g/mol. The molecule has 1 aromatic heterocycles. The van der Waals surface area contributed by atoms with Gasteiger partial charge in [0.2, 0.25) is 10.0 Å². The lowest BCUT2D eigenvalue weighted by Crippen LogP contribution is -2.42. The van der Waals surface area contributed by atoms with E-state index in [0.29, 0.717) is 33.4 Å². The molecular weight excluding hydrogens is 494 g/mol. The van der Waals surface area contributed by atoms with E-state index in [1.54, 1.807) is 13.8 Å². The van der Waals surface area contributed by atoms with E-state index in [1.165, 1.54) is 28.6 Å². The Labute approximate surface area is 208 Å². The Balaban J connectivity index is 1.81. The van der Waals surface area contributed by atoms with Gasteiger partial charge in [0.25, 0.3) is 5.91 Å². The lowest BCUT2D eigenvalue weighted by molar-refractivity contribution is 0.0531. The number of hydrogen-bond donors (Lipinski definition) is 1. The van der Waals surface area contributed by atoms with E-state index in [2.05, 4.69) is 5.32 Å². The molecule has 2 atom stereocenters. The van der Waals surface area contributed by atoms with Crippen LogP contribution in [-0.2, 0) is 14.8 Å². The molecule has 1 saturated heterocycles. The number of thiophene rings is 1. The minimum Gasteiger partial charge on any atom is -0.462 e. The summed E-state index contributed by atoms with van der Waals surface area (Å²) in [5, 5.41) is 14.2. The maximum atomic E-state index is 13.1. The van der Waals surface area contributed by atoms with Crippen LogP contribution in [0.15, 0.2) is 34.1 Å². The number of benzene rings is 1. The number of nitriles is 1. The molecule has 1 aliphatic rings. The van der Waals surface area contributed by atoms with E-state index in [0.717, 1.165) is 29.5 Å². The Bertz CT molecular complexity index is 1210. The Hall–Kier alpha value is -2.39. The smallest absolute Gasteiger partial charge is 0.348 e. The third-order valence-electron chi connectivity index (χ3n) is 5.52. The second kappa shape index (κ2) is 10.9. The topological polar surface area (TPSA) is 117 Å². The number of anilines is 1. The third-order valence-corrected chi connectivity index (χ3v) is 9.48. The predicted octanol–water partition coefficient (Wildman–Crippen LogP) is 4.73. The van der Waals surface area contributed by atoms with Crippen LogP contribution in [0.1, 0.15) is 52.8 Å². The number of nitrogens with zero attached hydrogens (tertiary/aromatic N) is 2. The maximum Gasteiger partial charge on any atom is 0.348 e. The summed E-state index contributed by atoms with van der Waals surface area (Å²) in [5.74, 6) is -0.405. The Morgan fingerprint density at radius 3 is 2.41 bits per heavy atom. The van der Waals surface area contributed by atoms with Crippen LogP contribution in [0, 0.1) is 29.4 Å². The van der Waals surface area contributed by atoms with Crippen LogP contribution >= 0.6 is 23.1 Å². The number of carbonyl (C=O) groups excluding carboxylic acids is 2. The van der Waals surface area contributed by atoms with Crippen molar-refractivity contribution in [2.45, 2.75) is 43.9 Å². The SMILES string of the molecule is CCOC(=O)c1sc(NC(=O)c2ccc(S(=O)(=O)N3CC(C)CC(C)C3)cc2)c(SC#N)c1C. The van der Waals surface area contributed by atoms with E-state index < -0.39 is 21.9 Å². The summed E-state index contributed by atoms with van der Waals surface area (Å²) in [5.41, 5.74) is 0.827. The molecule has 1 aromatic carbocycles. The molecule has 1 amide bonds. The zero-order valence-electron chi connectivity index (χ0n) is 19.5. The molecule has 0 spiro atoms. The van der Waals surface area contributed by atoms with E-state index in [1.807, 2.05) is 19.2 Å². The van der Waals surface area contributed by atoms with Crippen molar-refractivity contribution in [2.24, 2.45) is 11.8 Å². The predicted molar refractivity (Wildman–Crippen MR) is 133 cm³/mol. The van der Waals surface area contributed by atoms with E-state index >= 15 is 0 Å². The normalized spacial score (nSPS) is 18.8. The number of carbonyl (C=O) groups is 2. The monoisotopic (exact) mass is 521 g/mol. The molecule has 0 saturated carbocycles. The van der Waals surface area contributed by atoms with Crippen LogP contribution in [0.25, 0.3) is 0 Å². The zero-order chi connectivity index (χ0) is 25.0. The van der Waals surface area contributed by atoms with Crippen LogP contribution in [0.2, 0.25) is 0 Å². The number of esters is 1. The lowest BCUT2D eigenvalue weighted by Gasteiger charge is -2.34. The number of ether oxygens (including phenoxy) is 1. The molecule has 2 aromatic rings. The fraction of sp³-hybridized carbons (Fsp3) is 0.435. The number of rotatable bonds is 7. The molecule has 0 radical (unpaired) electrons. The summed E-state index contributed by atoms with van der Waals surface area (Å²) in [6, 6.07) is 5.79. The first-order valence-corrected chi connectivity index (χ1v) is 13.9. The first kappa shape index (κ1) is 26.2. The highest BCUT2D eigenvalue weighted by Crippen LogP contribution is 2.40. The van der Waals surface area contributed by atoms with Gasteiger partial charge >= 0.3 is 5.97 Å². The van der Waals surface area contributed by atoms with E-state index in [9.17, 15) is 18.0 Å². The van der Waals surface area contributed by atoms with Gasteiger partial charge in [0.15, 0.2) is 0 Å². The first-order chi connectivity index (χ1) is 16.1. The summed E-state index contributed by atoms with van der Waals surface area (Å²) < 4.78 is 32.7. The molecule has 2 unspecified atom stereocenters. The molecule has 34 heavy (non-hydrogen) atoms. The Morgan fingerprint density at radius 1 is 1.24 bits per heavy atom. The summed E-state index contributed by atoms with van der Waals surface area (Å²) in [6.07, 6.45) is 0.997. The molecule has 1 aliphatic heterocycles. The van der Waals surface area contributed by atoms with Gasteiger partial charge in [0.05, 0.1) is 16.4 Å². The van der Waals surface area contributed by atoms with Crippen LogP contribution < -0.4 is 5.32 Å². The molecule has 182 valence electrons. The molecule has 8 nitrogen and oxygen atoms in total. The summed E-state index contributed by atoms with van der Waals surface area (Å²) >= 11 is 1.90. The van der Waals surface area contributed by atoms with Crippen LogP contribution in [0.4, 0.5) is 5.00 Å². The summed E-state index contributed by atoms with van der Waals surface area (Å²) in [6.45, 7) is 8.66. The number of hydrogen-bond acceptors (Lipinski definition) is 8. The van der Waals surface area contributed by atoms with Gasteiger partial charge in [-0.05, 0) is 73.7 Å². The number of thiocyanates is 1. The van der Waals surface area contributed by atoms with Crippen LogP contribution in [0.3, 0.4) is 0 Å². The minimum absolute atomic E-state index is 0.141. The van der Waals surface area contributed by atoms with Crippen molar-refractivity contribution in [1.29, 1.82) is 5.26 Å². The highest BCUT2D eigenvalue weighted by atomic mass is 32.2. The van der Waals surface area contributed by atoms with E-state index in [4.69, 9.17) is 10.00 Å². The number of amides is 1. The van der Waals surface area contributed by atoms with Gasteiger partial charge in [-0.3, -0.25) is 4.79 Å². The zero-order valence-corrected chi connectivity index (χ0v) is 21.9. The molecule has 0 aliphatic carbocycles. The van der Waals surface area contributed by atoms with Crippen molar-refractivity contribution >= 4 is 50.0 Å². The number of thioether (sulfide) groups is 1. The van der Waals surface area contributed by atoms with Gasteiger partial charge in [-0.1, -0.05) is 13.8 Å². The van der Waals surface area contributed by atoms with Crippen molar-refractivity contribution in [2.75, 3.05) is 25.0 Å². The Kier molecular flexibility index (Phi) is 8.41. The molecule has 3 rings (SSSR count). The van der Waals surface area contributed by atoms with Gasteiger partial charge in [0, 0.05) is 18.7 Å². The van der Waals surface area contributed by atoms with Crippen molar-refractivity contribution in [3.05, 3.63) is 40.3 Å². The third kappa shape index (κ3) is 5.63. The largest absolute Gasteiger partial charge is 0.462 e. The van der Waals surface area contributed by atoms with Crippen LogP contribution in [0.5, 0.6) is 0 Å². The highest BCUT2D eigenvalue weighted by molar-refractivity contribution is 8.04. The molecule has 11 heteroatoms. The second-order valence-electron chi connectivity index (χ2n) is 8.37. The lowest BCUT2D eigenvalue weighted by atomic mass is 9.94. The maximum absolute atomic E-state index is 13.1. The summed E-state index contributed by atoms with van der Waals surface area (Å²) in [7, 11) is -3.65. The van der Waals surface area contributed by atoms with Gasteiger partial charge in [-0.15, -0.1) is 11.3 Å². The summed E-state index contributed by atoms with van der Waals surface area (Å²) in [4.78, 5) is 26.0. The van der Waals surface area contributed by atoms with Crippen molar-refractivity contribution in [3.63, 3.8) is 0 Å². The van der Waals surface area contributed by atoms with Gasteiger partial charge in [-0.25, -0.2) is 13.2 Å². The fourth-order valence-corrected chi connectivity index (χ4v) is 7.52. The molecule has 1 fully saturated rings. The Morgan fingerprint density at radius 2 is 1.85 bits per heavy atom. The van der Waals surface area contributed by atoms with E-state index in [-0.39, 0.29) is 28.9 Å². The molecule has 1 N–H and O–H groups in total. The van der Waals surface area contributed by atoms with Crippen LogP contribution in [-0.4, -0.2) is 44.3 Å². The molecular formula is C23H27N3O5S3. The average Bonchev–Trinajstić information content (AvgIpc) is 3.09. The van der Waals surface area contributed by atoms with Gasteiger partial charge < -0.3 is 10.1 Å². The quantitative estimate of drug-likeness (QED) is 0.318. The highest BCUT2D eigenvalue weighted by Gasteiger charge is 2.31. The van der Waals surface area contributed by atoms with Gasteiger partial charge in [-0.2, -0.15) is 9.57 Å². The second-order valence-corrected chi connectivity index (χ2v) is 12.1. The van der Waals surface area contributed by atoms with Crippen molar-refractivity contribution in [3.8, 4) is 5.40 Å². The standard InChI is InChI=1S/C23H27N3O5S3/c1-5-31-23(28)20-16(4)19(32-13-24)22(33-20)25-21(27)17-6-8-18(9-7-17)34(29,30)26-11-14(2)10-15(3)12-26/h6-9,14-15H,5,10-12H2,1-4H3,(H,25,27). The minimum atomic E-state index is -3.65.